The number of hydrogen-bond acceptors (Lipinski definition) is 3. The summed E-state index contributed by atoms with van der Waals surface area (Å²) in [5, 5.41) is 9.49. The molecule has 6 nitrogen and oxygen atoms in total. The maximum absolute atomic E-state index is 13.1. The van der Waals surface area contributed by atoms with Crippen LogP contribution >= 0.6 is 15.9 Å². The van der Waals surface area contributed by atoms with Gasteiger partial charge in [0.25, 0.3) is 0 Å². The second-order valence-electron chi connectivity index (χ2n) is 7.07. The van der Waals surface area contributed by atoms with Gasteiger partial charge < -0.3 is 10.0 Å². The van der Waals surface area contributed by atoms with Gasteiger partial charge in [-0.05, 0) is 40.4 Å². The third-order valence-corrected chi connectivity index (χ3v) is 7.36. The highest BCUT2D eigenvalue weighted by atomic mass is 79.9. The quantitative estimate of drug-likeness (QED) is 0.799. The Morgan fingerprint density at radius 2 is 1.83 bits per heavy atom. The summed E-state index contributed by atoms with van der Waals surface area (Å²) in [6.07, 6.45) is -1.01. The van der Waals surface area contributed by atoms with Crippen molar-refractivity contribution in [2.45, 2.75) is 44.7 Å². The van der Waals surface area contributed by atoms with Gasteiger partial charge in [0, 0.05) is 23.6 Å². The topological polar surface area (TPSA) is 77.9 Å². The molecule has 1 aromatic rings. The van der Waals surface area contributed by atoms with Gasteiger partial charge in [-0.3, -0.25) is 0 Å². The monoisotopic (exact) mass is 418 g/mol. The minimum absolute atomic E-state index is 0.143. The Bertz CT molecular complexity index is 730. The minimum Gasteiger partial charge on any atom is -0.465 e. The van der Waals surface area contributed by atoms with Crippen LogP contribution < -0.4 is 0 Å². The van der Waals surface area contributed by atoms with Crippen LogP contribution in [-0.2, 0) is 10.0 Å². The van der Waals surface area contributed by atoms with Crippen molar-refractivity contribution in [3.8, 4) is 0 Å². The lowest BCUT2D eigenvalue weighted by molar-refractivity contribution is 0.0158. The van der Waals surface area contributed by atoms with Crippen LogP contribution in [0, 0.1) is 5.41 Å². The standard InChI is InChI=1S/C16H23BrN2O4S/c1-11-14(16(2,3)4)18(15(20)21)9-10-19(11)24(22,23)13-8-6-5-7-12(13)17/h5-8,11,14H,9-10H2,1-4H3,(H,20,21)/t11-,14?/m1/s1. The third-order valence-electron chi connectivity index (χ3n) is 4.36. The molecule has 1 aromatic carbocycles. The summed E-state index contributed by atoms with van der Waals surface area (Å²) in [5.41, 5.74) is -0.389. The van der Waals surface area contributed by atoms with E-state index >= 15 is 0 Å². The molecule has 8 heteroatoms. The van der Waals surface area contributed by atoms with Crippen molar-refractivity contribution in [2.75, 3.05) is 13.1 Å². The van der Waals surface area contributed by atoms with Crippen molar-refractivity contribution in [3.63, 3.8) is 0 Å². The molecule has 0 aliphatic carbocycles. The average Bonchev–Trinajstić information content (AvgIpc) is 2.45. The molecule has 134 valence electrons. The number of amides is 1. The molecule has 0 radical (unpaired) electrons. The SMILES string of the molecule is C[C@@H]1C(C(C)(C)C)N(C(=O)O)CCN1S(=O)(=O)c1ccccc1Br. The molecule has 0 aromatic heterocycles. The largest absolute Gasteiger partial charge is 0.465 e. The van der Waals surface area contributed by atoms with Gasteiger partial charge in [-0.15, -0.1) is 0 Å². The molecule has 1 aliphatic rings. The summed E-state index contributed by atoms with van der Waals surface area (Å²) in [7, 11) is -3.72. The van der Waals surface area contributed by atoms with E-state index in [0.717, 1.165) is 0 Å². The Morgan fingerprint density at radius 1 is 1.25 bits per heavy atom. The first-order chi connectivity index (χ1) is 11.0. The number of rotatable bonds is 2. The van der Waals surface area contributed by atoms with E-state index in [1.807, 2.05) is 20.8 Å². The van der Waals surface area contributed by atoms with Crippen LogP contribution in [0.2, 0.25) is 0 Å². The number of benzene rings is 1. The fraction of sp³-hybridized carbons (Fsp3) is 0.562. The molecular formula is C16H23BrN2O4S. The van der Waals surface area contributed by atoms with E-state index in [1.165, 1.54) is 9.21 Å². The highest BCUT2D eigenvalue weighted by molar-refractivity contribution is 9.10. The second kappa shape index (κ2) is 6.65. The van der Waals surface area contributed by atoms with Gasteiger partial charge in [-0.1, -0.05) is 32.9 Å². The summed E-state index contributed by atoms with van der Waals surface area (Å²) in [5.74, 6) is 0. The summed E-state index contributed by atoms with van der Waals surface area (Å²) in [4.78, 5) is 13.1. The first-order valence-electron chi connectivity index (χ1n) is 7.74. The number of halogens is 1. The summed E-state index contributed by atoms with van der Waals surface area (Å²) < 4.78 is 28.1. The van der Waals surface area contributed by atoms with E-state index in [-0.39, 0.29) is 23.4 Å². The number of carboxylic acid groups (broad SMARTS) is 1. The smallest absolute Gasteiger partial charge is 0.407 e. The van der Waals surface area contributed by atoms with Gasteiger partial charge in [-0.25, -0.2) is 13.2 Å². The van der Waals surface area contributed by atoms with Gasteiger partial charge in [0.1, 0.15) is 0 Å². The van der Waals surface area contributed by atoms with E-state index in [9.17, 15) is 18.3 Å². The summed E-state index contributed by atoms with van der Waals surface area (Å²) in [6.45, 7) is 7.87. The predicted molar refractivity (Wildman–Crippen MR) is 95.5 cm³/mol. The molecule has 2 rings (SSSR count). The van der Waals surface area contributed by atoms with Crippen LogP contribution in [-0.4, -0.2) is 54.0 Å². The van der Waals surface area contributed by atoms with Crippen molar-refractivity contribution in [1.29, 1.82) is 0 Å². The van der Waals surface area contributed by atoms with Gasteiger partial charge in [-0.2, -0.15) is 4.31 Å². The van der Waals surface area contributed by atoms with E-state index in [0.29, 0.717) is 4.47 Å². The summed E-state index contributed by atoms with van der Waals surface area (Å²) in [6, 6.07) is 5.78. The lowest BCUT2D eigenvalue weighted by Gasteiger charge is -2.49. The van der Waals surface area contributed by atoms with Crippen molar-refractivity contribution in [1.82, 2.24) is 9.21 Å². The van der Waals surface area contributed by atoms with Gasteiger partial charge >= 0.3 is 6.09 Å². The first kappa shape index (κ1) is 19.2. The van der Waals surface area contributed by atoms with Gasteiger partial charge in [0.15, 0.2) is 0 Å². The molecule has 0 saturated carbocycles. The maximum atomic E-state index is 13.1. The third kappa shape index (κ3) is 3.45. The van der Waals surface area contributed by atoms with Crippen LogP contribution in [0.25, 0.3) is 0 Å². The minimum atomic E-state index is -3.72. The molecule has 0 spiro atoms. The molecular weight excluding hydrogens is 396 g/mol. The number of piperazine rings is 1. The van der Waals surface area contributed by atoms with E-state index in [1.54, 1.807) is 31.2 Å². The Morgan fingerprint density at radius 3 is 2.33 bits per heavy atom. The Labute approximate surface area is 151 Å². The number of nitrogens with zero attached hydrogens (tertiary/aromatic N) is 2. The number of sulfonamides is 1. The molecule has 2 atom stereocenters. The van der Waals surface area contributed by atoms with Crippen molar-refractivity contribution in [3.05, 3.63) is 28.7 Å². The fourth-order valence-electron chi connectivity index (χ4n) is 3.49. The van der Waals surface area contributed by atoms with E-state index in [2.05, 4.69) is 15.9 Å². The molecule has 24 heavy (non-hydrogen) atoms. The molecule has 1 unspecified atom stereocenters. The average molecular weight is 419 g/mol. The number of carbonyl (C=O) groups is 1. The van der Waals surface area contributed by atoms with Gasteiger partial charge in [0.05, 0.1) is 10.9 Å². The highest BCUT2D eigenvalue weighted by Crippen LogP contribution is 2.35. The van der Waals surface area contributed by atoms with Gasteiger partial charge in [0.2, 0.25) is 10.0 Å². The Kier molecular flexibility index (Phi) is 5.32. The van der Waals surface area contributed by atoms with Crippen molar-refractivity contribution in [2.24, 2.45) is 5.41 Å². The van der Waals surface area contributed by atoms with Crippen LogP contribution in [0.4, 0.5) is 4.79 Å². The van der Waals surface area contributed by atoms with Crippen LogP contribution in [0.5, 0.6) is 0 Å². The maximum Gasteiger partial charge on any atom is 0.407 e. The Hall–Kier alpha value is -1.12. The lowest BCUT2D eigenvalue weighted by Crippen LogP contribution is -2.64. The van der Waals surface area contributed by atoms with Crippen molar-refractivity contribution >= 4 is 32.0 Å². The van der Waals surface area contributed by atoms with Crippen LogP contribution in [0.1, 0.15) is 27.7 Å². The van der Waals surface area contributed by atoms with Crippen LogP contribution in [0.3, 0.4) is 0 Å². The molecule has 1 aliphatic heterocycles. The number of hydrogen-bond donors (Lipinski definition) is 1. The highest BCUT2D eigenvalue weighted by Gasteiger charge is 2.47. The zero-order valence-corrected chi connectivity index (χ0v) is 16.6. The summed E-state index contributed by atoms with van der Waals surface area (Å²) >= 11 is 3.30. The molecule has 1 N–H and O–H groups in total. The van der Waals surface area contributed by atoms with E-state index < -0.39 is 28.2 Å². The fourth-order valence-corrected chi connectivity index (χ4v) is 6.08. The molecule has 1 heterocycles. The predicted octanol–water partition coefficient (Wildman–Crippen LogP) is 3.24. The lowest BCUT2D eigenvalue weighted by atomic mass is 9.80. The van der Waals surface area contributed by atoms with Crippen molar-refractivity contribution < 1.29 is 18.3 Å². The van der Waals surface area contributed by atoms with E-state index in [4.69, 9.17) is 0 Å². The normalized spacial score (nSPS) is 23.3. The molecule has 0 bridgehead atoms. The van der Waals surface area contributed by atoms with Crippen LogP contribution in [0.15, 0.2) is 33.6 Å². The first-order valence-corrected chi connectivity index (χ1v) is 9.97. The molecule has 1 fully saturated rings. The molecule has 1 saturated heterocycles. The second-order valence-corrected chi connectivity index (χ2v) is 9.79. The molecule has 1 amide bonds. The zero-order chi connectivity index (χ0) is 18.3. The Balaban J connectivity index is 2.46. The zero-order valence-electron chi connectivity index (χ0n) is 14.2.